The fourth-order valence-electron chi connectivity index (χ4n) is 6.00. The summed E-state index contributed by atoms with van der Waals surface area (Å²) in [5.41, 5.74) is 1.11. The molecule has 0 radical (unpaired) electrons. The number of anilines is 3. The Morgan fingerprint density at radius 2 is 2.02 bits per heavy atom. The molecule has 0 unspecified atom stereocenters. The number of aromatic amines is 1. The number of carbonyl (C=O) groups is 1. The predicted octanol–water partition coefficient (Wildman–Crippen LogP) is 4.09. The van der Waals surface area contributed by atoms with Gasteiger partial charge in [-0.15, -0.1) is 0 Å². The number of aromatic nitrogens is 4. The number of hydrogen-bond donors (Lipinski definition) is 2. The summed E-state index contributed by atoms with van der Waals surface area (Å²) in [6, 6.07) is 14.5. The van der Waals surface area contributed by atoms with Crippen molar-refractivity contribution in [3.05, 3.63) is 75.8 Å². The lowest BCUT2D eigenvalue weighted by molar-refractivity contribution is 0.0771. The van der Waals surface area contributed by atoms with Crippen LogP contribution in [0, 0.1) is 29.6 Å². The summed E-state index contributed by atoms with van der Waals surface area (Å²) in [6.45, 7) is 3.65. The van der Waals surface area contributed by atoms with E-state index in [1.54, 1.807) is 35.2 Å². The number of halogens is 1. The van der Waals surface area contributed by atoms with E-state index in [4.69, 9.17) is 10.4 Å². The summed E-state index contributed by atoms with van der Waals surface area (Å²) in [4.78, 5) is 36.9. The first kappa shape index (κ1) is 29.2. The molecule has 2 aliphatic rings. The van der Waals surface area contributed by atoms with E-state index in [9.17, 15) is 14.9 Å². The minimum absolute atomic E-state index is 0.00416. The van der Waals surface area contributed by atoms with Crippen LogP contribution in [0.3, 0.4) is 0 Å². The molecule has 6 rings (SSSR count). The van der Waals surface area contributed by atoms with Gasteiger partial charge in [0.25, 0.3) is 11.5 Å². The van der Waals surface area contributed by atoms with Crippen molar-refractivity contribution < 1.29 is 9.18 Å². The number of amides is 1. The van der Waals surface area contributed by atoms with Crippen LogP contribution in [0.25, 0.3) is 10.9 Å². The van der Waals surface area contributed by atoms with Crippen molar-refractivity contribution >= 4 is 45.9 Å². The third-order valence-corrected chi connectivity index (χ3v) is 9.35. The lowest BCUT2D eigenvalue weighted by Crippen LogP contribution is -2.55. The maximum Gasteiger partial charge on any atom is 0.261 e. The van der Waals surface area contributed by atoms with E-state index in [0.29, 0.717) is 34.7 Å². The second-order valence-electron chi connectivity index (χ2n) is 11.0. The maximum absolute atomic E-state index is 16.4. The van der Waals surface area contributed by atoms with E-state index < -0.39 is 17.3 Å². The van der Waals surface area contributed by atoms with Gasteiger partial charge in [-0.05, 0) is 55.3 Å². The number of piperidine rings is 1. The number of pyridine rings is 2. The van der Waals surface area contributed by atoms with Crippen molar-refractivity contribution in [1.29, 1.82) is 10.5 Å². The number of thioether (sulfide) groups is 1. The third-order valence-electron chi connectivity index (χ3n) is 8.41. The van der Waals surface area contributed by atoms with Crippen LogP contribution in [0.15, 0.2) is 53.6 Å². The molecule has 0 aliphatic carbocycles. The van der Waals surface area contributed by atoms with Crippen LogP contribution in [0.1, 0.15) is 34.3 Å². The first-order chi connectivity index (χ1) is 21.3. The summed E-state index contributed by atoms with van der Waals surface area (Å²) in [6.07, 6.45) is 1.49. The average molecular weight is 612 g/mol. The Labute approximate surface area is 257 Å². The fourth-order valence-corrected chi connectivity index (χ4v) is 6.90. The van der Waals surface area contributed by atoms with E-state index in [0.717, 1.165) is 30.2 Å². The molecule has 0 bridgehead atoms. The summed E-state index contributed by atoms with van der Waals surface area (Å²) in [5, 5.41) is 27.1. The van der Waals surface area contributed by atoms with Gasteiger partial charge in [0.05, 0.1) is 30.1 Å². The number of H-pyrrole nitrogens is 1. The molecule has 4 aromatic rings. The molecule has 1 amide bonds. The second kappa shape index (κ2) is 12.0. The molecule has 2 N–H and O–H groups in total. The molecule has 44 heavy (non-hydrogen) atoms. The first-order valence-corrected chi connectivity index (χ1v) is 15.5. The van der Waals surface area contributed by atoms with Crippen LogP contribution in [-0.4, -0.2) is 74.4 Å². The maximum atomic E-state index is 16.4. The standard InChI is InChI=1S/C31H30FN9O2S/c1-20-16-22(3-4-23(20)30(43)39-12-14-44-15-13-39)37-28-27-24(6-10-35-29(27)42)41(38-28)31(7-9-33)8-11-40(19-25(31)32)26-5-2-21(17-34)18-36-26/h2-6,10,16,18,25H,7-8,11-15,19H2,1H3,(H,35,42)(H,37,38)/t25-,31+/m0/s1. The average Bonchev–Trinajstić information content (AvgIpc) is 3.42. The summed E-state index contributed by atoms with van der Waals surface area (Å²) in [5.74, 6) is 2.61. The molecule has 2 saturated heterocycles. The quantitative estimate of drug-likeness (QED) is 0.329. The van der Waals surface area contributed by atoms with Crippen molar-refractivity contribution in [1.82, 2.24) is 24.6 Å². The molecule has 5 heterocycles. The Hall–Kier alpha value is -4.88. The molecule has 13 heteroatoms. The number of fused-ring (bicyclic) bond motifs is 1. The van der Waals surface area contributed by atoms with E-state index in [1.165, 1.54) is 17.1 Å². The topological polar surface area (TPSA) is 147 Å². The molecule has 2 aliphatic heterocycles. The largest absolute Gasteiger partial charge is 0.354 e. The highest BCUT2D eigenvalue weighted by atomic mass is 32.2. The fraction of sp³-hybridized carbons (Fsp3) is 0.355. The molecular weight excluding hydrogens is 581 g/mol. The number of nitrogens with one attached hydrogen (secondary N) is 2. The van der Waals surface area contributed by atoms with Crippen molar-refractivity contribution in [2.75, 3.05) is 47.9 Å². The first-order valence-electron chi connectivity index (χ1n) is 14.3. The lowest BCUT2D eigenvalue weighted by Gasteiger charge is -2.44. The lowest BCUT2D eigenvalue weighted by atomic mass is 9.83. The Balaban J connectivity index is 1.33. The Kier molecular flexibility index (Phi) is 7.97. The monoisotopic (exact) mass is 611 g/mol. The van der Waals surface area contributed by atoms with Gasteiger partial charge in [-0.3, -0.25) is 14.3 Å². The molecule has 11 nitrogen and oxygen atoms in total. The van der Waals surface area contributed by atoms with Gasteiger partial charge in [0.1, 0.15) is 29.0 Å². The second-order valence-corrected chi connectivity index (χ2v) is 12.2. The van der Waals surface area contributed by atoms with E-state index in [1.807, 2.05) is 35.7 Å². The number of rotatable bonds is 6. The van der Waals surface area contributed by atoms with Crippen LogP contribution in [0.4, 0.5) is 21.7 Å². The molecule has 1 aromatic carbocycles. The number of carbonyl (C=O) groups excluding carboxylic acids is 1. The summed E-state index contributed by atoms with van der Waals surface area (Å²) >= 11 is 1.84. The molecule has 2 atom stereocenters. The van der Waals surface area contributed by atoms with Crippen LogP contribution in [0.2, 0.25) is 0 Å². The normalized spacial score (nSPS) is 20.2. The van der Waals surface area contributed by atoms with Gasteiger partial charge in [-0.25, -0.2) is 9.37 Å². The number of hydrogen-bond acceptors (Lipinski definition) is 9. The highest BCUT2D eigenvalue weighted by Crippen LogP contribution is 2.40. The van der Waals surface area contributed by atoms with Gasteiger partial charge < -0.3 is 20.1 Å². The van der Waals surface area contributed by atoms with Crippen LogP contribution < -0.4 is 15.8 Å². The Bertz CT molecular complexity index is 1850. The highest BCUT2D eigenvalue weighted by Gasteiger charge is 2.47. The molecule has 0 spiro atoms. The minimum atomic E-state index is -1.52. The van der Waals surface area contributed by atoms with Gasteiger partial charge in [-0.1, -0.05) is 0 Å². The third kappa shape index (κ3) is 5.24. The number of aryl methyl sites for hydroxylation is 1. The molecule has 2 fully saturated rings. The SMILES string of the molecule is Cc1cc(Nc2nn([C@]3(CC#N)CCN(c4ccc(C#N)cn4)C[C@@H]3F)c3cc[nH]c(=O)c23)ccc1C(=O)N1CCSCC1. The molecule has 3 aromatic heterocycles. The van der Waals surface area contributed by atoms with E-state index in [2.05, 4.69) is 21.4 Å². The van der Waals surface area contributed by atoms with Crippen molar-refractivity contribution in [3.63, 3.8) is 0 Å². The van der Waals surface area contributed by atoms with Gasteiger partial charge in [0, 0.05) is 54.8 Å². The zero-order valence-corrected chi connectivity index (χ0v) is 24.9. The van der Waals surface area contributed by atoms with Crippen LogP contribution in [-0.2, 0) is 5.54 Å². The van der Waals surface area contributed by atoms with E-state index in [-0.39, 0.29) is 36.5 Å². The summed E-state index contributed by atoms with van der Waals surface area (Å²) < 4.78 is 17.9. The van der Waals surface area contributed by atoms with Crippen molar-refractivity contribution in [2.45, 2.75) is 31.5 Å². The van der Waals surface area contributed by atoms with Crippen molar-refractivity contribution in [2.24, 2.45) is 0 Å². The van der Waals surface area contributed by atoms with E-state index >= 15 is 4.39 Å². The Morgan fingerprint density at radius 3 is 2.70 bits per heavy atom. The van der Waals surface area contributed by atoms with Crippen LogP contribution >= 0.6 is 11.8 Å². The van der Waals surface area contributed by atoms with Gasteiger partial charge >= 0.3 is 0 Å². The van der Waals surface area contributed by atoms with Crippen molar-refractivity contribution in [3.8, 4) is 12.1 Å². The number of benzene rings is 1. The molecule has 224 valence electrons. The van der Waals surface area contributed by atoms with Crippen LogP contribution in [0.5, 0.6) is 0 Å². The minimum Gasteiger partial charge on any atom is -0.354 e. The molecular formula is C31H30FN9O2S. The number of nitriles is 2. The zero-order valence-electron chi connectivity index (χ0n) is 24.1. The Morgan fingerprint density at radius 1 is 1.20 bits per heavy atom. The van der Waals surface area contributed by atoms with Gasteiger partial charge in [0.15, 0.2) is 5.82 Å². The van der Waals surface area contributed by atoms with Gasteiger partial charge in [-0.2, -0.15) is 27.4 Å². The summed E-state index contributed by atoms with van der Waals surface area (Å²) in [7, 11) is 0. The highest BCUT2D eigenvalue weighted by molar-refractivity contribution is 7.99. The van der Waals surface area contributed by atoms with Gasteiger partial charge in [0.2, 0.25) is 0 Å². The zero-order chi connectivity index (χ0) is 30.8. The predicted molar refractivity (Wildman–Crippen MR) is 167 cm³/mol. The molecule has 0 saturated carbocycles. The number of alkyl halides is 1. The smallest absolute Gasteiger partial charge is 0.261 e. The number of nitrogens with zero attached hydrogens (tertiary/aromatic N) is 7.